The van der Waals surface area contributed by atoms with Crippen LogP contribution in [-0.2, 0) is 33.4 Å². The van der Waals surface area contributed by atoms with Gasteiger partial charge in [0, 0.05) is 39.5 Å². The maximum atomic E-state index is 12.2. The van der Waals surface area contributed by atoms with Crippen LogP contribution >= 0.6 is 0 Å². The Morgan fingerprint density at radius 3 is 1.92 bits per heavy atom. The monoisotopic (exact) mass is 544 g/mol. The highest BCUT2D eigenvalue weighted by atomic mass is 16.6. The van der Waals surface area contributed by atoms with Gasteiger partial charge in [-0.3, -0.25) is 19.2 Å². The third-order valence-corrected chi connectivity index (χ3v) is 6.11. The second kappa shape index (κ2) is 13.1. The molecule has 4 atom stereocenters. The van der Waals surface area contributed by atoms with Gasteiger partial charge in [0.05, 0.1) is 33.5 Å². The Kier molecular flexibility index (Phi) is 9.89. The molecular formula is C28H32O11. The van der Waals surface area contributed by atoms with Crippen molar-refractivity contribution >= 4 is 23.9 Å². The van der Waals surface area contributed by atoms with Gasteiger partial charge in [0.2, 0.25) is 0 Å². The summed E-state index contributed by atoms with van der Waals surface area (Å²) in [6.45, 7) is 5.31. The van der Waals surface area contributed by atoms with Crippen molar-refractivity contribution in [2.45, 2.75) is 39.9 Å². The van der Waals surface area contributed by atoms with E-state index in [1.165, 1.54) is 41.9 Å². The van der Waals surface area contributed by atoms with Crippen molar-refractivity contribution in [2.24, 2.45) is 11.8 Å². The highest BCUT2D eigenvalue weighted by Crippen LogP contribution is 2.47. The van der Waals surface area contributed by atoms with Crippen LogP contribution in [0.25, 0.3) is 0 Å². The second-order valence-corrected chi connectivity index (χ2v) is 8.92. The first kappa shape index (κ1) is 29.4. The number of esters is 4. The summed E-state index contributed by atoms with van der Waals surface area (Å²) in [5, 5.41) is 0. The van der Waals surface area contributed by atoms with Crippen LogP contribution in [0.15, 0.2) is 36.4 Å². The molecule has 0 unspecified atom stereocenters. The SMILES string of the molecule is COc1cc([C@H]2OC[C@H]([C@H](OC(C)=O)c3ccc(OC(C)=O)c(OC)c3)[C@@H]2COC(C)=O)ccc1OC(C)=O. The summed E-state index contributed by atoms with van der Waals surface area (Å²) in [4.78, 5) is 46.9. The number of rotatable bonds is 10. The quantitative estimate of drug-likeness (QED) is 0.320. The number of hydrogen-bond acceptors (Lipinski definition) is 11. The number of ether oxygens (including phenoxy) is 7. The van der Waals surface area contributed by atoms with Crippen LogP contribution in [0.2, 0.25) is 0 Å². The van der Waals surface area contributed by atoms with E-state index >= 15 is 0 Å². The zero-order valence-electron chi connectivity index (χ0n) is 22.7. The molecule has 0 amide bonds. The van der Waals surface area contributed by atoms with E-state index in [0.29, 0.717) is 16.9 Å². The highest BCUT2D eigenvalue weighted by molar-refractivity contribution is 5.71. The van der Waals surface area contributed by atoms with Gasteiger partial charge >= 0.3 is 23.9 Å². The lowest BCUT2D eigenvalue weighted by molar-refractivity contribution is -0.153. The molecule has 0 radical (unpaired) electrons. The van der Waals surface area contributed by atoms with E-state index in [1.54, 1.807) is 36.4 Å². The maximum absolute atomic E-state index is 12.2. The zero-order valence-corrected chi connectivity index (χ0v) is 22.7. The predicted molar refractivity (Wildman–Crippen MR) is 135 cm³/mol. The Labute approximate surface area is 226 Å². The molecule has 1 aliphatic rings. The second-order valence-electron chi connectivity index (χ2n) is 8.92. The van der Waals surface area contributed by atoms with Gasteiger partial charge in [0.1, 0.15) is 6.10 Å². The molecule has 1 fully saturated rings. The molecule has 0 bridgehead atoms. The normalized spacial score (nSPS) is 19.0. The fraction of sp³-hybridized carbons (Fsp3) is 0.429. The van der Waals surface area contributed by atoms with Crippen LogP contribution in [0.4, 0.5) is 0 Å². The smallest absolute Gasteiger partial charge is 0.308 e. The standard InChI is InChI=1S/C28H32O11/c1-15(29)35-13-21-22(14-36-27(21)19-7-9-23(37-16(2)30)25(11-19)33-5)28(39-18(4)32)20-8-10-24(38-17(3)31)26(12-20)34-6/h7-12,21-22,27-28H,13-14H2,1-6H3/t21-,22-,27+,28+/m0/s1. The Hall–Kier alpha value is -4.12. The molecule has 0 aliphatic carbocycles. The summed E-state index contributed by atoms with van der Waals surface area (Å²) in [6.07, 6.45) is -1.38. The summed E-state index contributed by atoms with van der Waals surface area (Å²) >= 11 is 0. The molecule has 0 spiro atoms. The van der Waals surface area contributed by atoms with Gasteiger partial charge in [-0.2, -0.15) is 0 Å². The lowest BCUT2D eigenvalue weighted by Gasteiger charge is -2.29. The van der Waals surface area contributed by atoms with Crippen molar-refractivity contribution in [1.29, 1.82) is 0 Å². The van der Waals surface area contributed by atoms with Gasteiger partial charge in [-0.1, -0.05) is 12.1 Å². The van der Waals surface area contributed by atoms with E-state index in [9.17, 15) is 19.2 Å². The summed E-state index contributed by atoms with van der Waals surface area (Å²) in [5.74, 6) is -1.83. The minimum atomic E-state index is -0.810. The molecule has 1 saturated heterocycles. The van der Waals surface area contributed by atoms with Gasteiger partial charge < -0.3 is 33.2 Å². The fourth-order valence-corrected chi connectivity index (χ4v) is 4.55. The molecule has 39 heavy (non-hydrogen) atoms. The third kappa shape index (κ3) is 7.47. The van der Waals surface area contributed by atoms with Crippen molar-refractivity contribution in [3.63, 3.8) is 0 Å². The summed E-state index contributed by atoms with van der Waals surface area (Å²) < 4.78 is 38.5. The lowest BCUT2D eigenvalue weighted by Crippen LogP contribution is -2.29. The summed E-state index contributed by atoms with van der Waals surface area (Å²) in [5.41, 5.74) is 1.26. The molecule has 0 aromatic heterocycles. The molecule has 3 rings (SSSR count). The van der Waals surface area contributed by atoms with Crippen molar-refractivity contribution in [3.8, 4) is 23.0 Å². The Morgan fingerprint density at radius 1 is 0.795 bits per heavy atom. The molecule has 11 nitrogen and oxygen atoms in total. The average Bonchev–Trinajstić information content (AvgIpc) is 3.29. The van der Waals surface area contributed by atoms with Gasteiger partial charge in [0.15, 0.2) is 23.0 Å². The first-order chi connectivity index (χ1) is 18.5. The van der Waals surface area contributed by atoms with Gasteiger partial charge in [-0.05, 0) is 35.4 Å². The van der Waals surface area contributed by atoms with Gasteiger partial charge in [0.25, 0.3) is 0 Å². The van der Waals surface area contributed by atoms with Crippen LogP contribution in [0.1, 0.15) is 51.0 Å². The Bertz CT molecular complexity index is 1220. The zero-order chi connectivity index (χ0) is 28.7. The fourth-order valence-electron chi connectivity index (χ4n) is 4.55. The van der Waals surface area contributed by atoms with E-state index in [2.05, 4.69) is 0 Å². The lowest BCUT2D eigenvalue weighted by atomic mass is 9.82. The van der Waals surface area contributed by atoms with Crippen molar-refractivity contribution in [2.75, 3.05) is 27.4 Å². The molecular weight excluding hydrogens is 512 g/mol. The van der Waals surface area contributed by atoms with Crippen LogP contribution in [0.5, 0.6) is 23.0 Å². The molecule has 0 N–H and O–H groups in total. The van der Waals surface area contributed by atoms with E-state index in [0.717, 1.165) is 0 Å². The first-order valence-electron chi connectivity index (χ1n) is 12.2. The van der Waals surface area contributed by atoms with Crippen LogP contribution in [-0.4, -0.2) is 51.3 Å². The van der Waals surface area contributed by atoms with E-state index in [-0.39, 0.29) is 30.5 Å². The number of benzene rings is 2. The molecule has 210 valence electrons. The van der Waals surface area contributed by atoms with E-state index in [4.69, 9.17) is 33.2 Å². The third-order valence-electron chi connectivity index (χ3n) is 6.11. The van der Waals surface area contributed by atoms with Crippen molar-refractivity contribution in [3.05, 3.63) is 47.5 Å². The largest absolute Gasteiger partial charge is 0.493 e. The van der Waals surface area contributed by atoms with Crippen molar-refractivity contribution in [1.82, 2.24) is 0 Å². The molecule has 2 aromatic rings. The molecule has 1 heterocycles. The van der Waals surface area contributed by atoms with Gasteiger partial charge in [-0.25, -0.2) is 0 Å². The number of carbonyl (C=O) groups is 4. The number of hydrogen-bond donors (Lipinski definition) is 0. The topological polar surface area (TPSA) is 133 Å². The molecule has 11 heteroatoms. The van der Waals surface area contributed by atoms with E-state index < -0.39 is 47.9 Å². The summed E-state index contributed by atoms with van der Waals surface area (Å²) in [7, 11) is 2.88. The van der Waals surface area contributed by atoms with Gasteiger partial charge in [-0.15, -0.1) is 0 Å². The van der Waals surface area contributed by atoms with Crippen LogP contribution in [0, 0.1) is 11.8 Å². The number of carbonyl (C=O) groups excluding carboxylic acids is 4. The molecule has 0 saturated carbocycles. The average molecular weight is 545 g/mol. The minimum absolute atomic E-state index is 0.0148. The highest BCUT2D eigenvalue weighted by Gasteiger charge is 2.45. The molecule has 2 aromatic carbocycles. The predicted octanol–water partition coefficient (Wildman–Crippen LogP) is 3.73. The Morgan fingerprint density at radius 2 is 1.38 bits per heavy atom. The summed E-state index contributed by atoms with van der Waals surface area (Å²) in [6, 6.07) is 9.85. The minimum Gasteiger partial charge on any atom is -0.493 e. The van der Waals surface area contributed by atoms with Crippen LogP contribution < -0.4 is 18.9 Å². The van der Waals surface area contributed by atoms with Crippen molar-refractivity contribution < 1.29 is 52.3 Å². The first-order valence-corrected chi connectivity index (χ1v) is 12.2. The van der Waals surface area contributed by atoms with Crippen LogP contribution in [0.3, 0.4) is 0 Å². The maximum Gasteiger partial charge on any atom is 0.308 e. The molecule has 1 aliphatic heterocycles. The van der Waals surface area contributed by atoms with E-state index in [1.807, 2.05) is 0 Å². The Balaban J connectivity index is 2.02. The number of methoxy groups -OCH3 is 2.